The Labute approximate surface area is 189 Å². The molecule has 0 radical (unpaired) electrons. The summed E-state index contributed by atoms with van der Waals surface area (Å²) in [6.07, 6.45) is 3.80. The van der Waals surface area contributed by atoms with Crippen LogP contribution in [0.4, 0.5) is 10.1 Å². The van der Waals surface area contributed by atoms with Gasteiger partial charge >= 0.3 is 0 Å². The van der Waals surface area contributed by atoms with Gasteiger partial charge in [-0.25, -0.2) is 9.24 Å². The van der Waals surface area contributed by atoms with Gasteiger partial charge in [0.1, 0.15) is 11.9 Å². The molecule has 1 aliphatic rings. The Balaban J connectivity index is 1.89. The van der Waals surface area contributed by atoms with Crippen molar-refractivity contribution >= 4 is 29.1 Å². The number of pyridine rings is 1. The van der Waals surface area contributed by atoms with Gasteiger partial charge in [0.05, 0.1) is 12.6 Å². The number of fused-ring (bicyclic) bond motifs is 1. The van der Waals surface area contributed by atoms with Crippen LogP contribution >= 0.6 is 11.6 Å². The van der Waals surface area contributed by atoms with Crippen LogP contribution in [0.5, 0.6) is 0 Å². The van der Waals surface area contributed by atoms with Crippen LogP contribution in [0.25, 0.3) is 4.85 Å². The van der Waals surface area contributed by atoms with Gasteiger partial charge in [0.2, 0.25) is 5.91 Å². The maximum absolute atomic E-state index is 14.6. The van der Waals surface area contributed by atoms with Gasteiger partial charge in [0.15, 0.2) is 5.69 Å². The first-order valence-corrected chi connectivity index (χ1v) is 10.3. The summed E-state index contributed by atoms with van der Waals surface area (Å²) in [4.78, 5) is 35.2. The van der Waals surface area contributed by atoms with Crippen molar-refractivity contribution in [2.75, 3.05) is 0 Å². The van der Waals surface area contributed by atoms with Crippen molar-refractivity contribution in [3.63, 3.8) is 0 Å². The predicted octanol–water partition coefficient (Wildman–Crippen LogP) is 4.78. The summed E-state index contributed by atoms with van der Waals surface area (Å²) in [6.45, 7) is 7.25. The van der Waals surface area contributed by atoms with Crippen molar-refractivity contribution in [1.82, 2.24) is 9.88 Å². The minimum atomic E-state index is -1.15. The van der Waals surface area contributed by atoms with E-state index in [-0.39, 0.29) is 16.3 Å². The Morgan fingerprint density at radius 3 is 2.75 bits per heavy atom. The normalized spacial score (nSPS) is 15.5. The van der Waals surface area contributed by atoms with Crippen LogP contribution in [0.3, 0.4) is 0 Å². The molecule has 32 heavy (non-hydrogen) atoms. The number of benzene rings is 2. The first kappa shape index (κ1) is 21.5. The lowest BCUT2D eigenvalue weighted by Crippen LogP contribution is -2.43. The smallest absolute Gasteiger partial charge is 0.254 e. The number of amides is 2. The molecular weight excluding hydrogens is 431 g/mol. The van der Waals surface area contributed by atoms with Gasteiger partial charge in [0.25, 0.3) is 5.91 Å². The third kappa shape index (κ3) is 3.93. The zero-order valence-electron chi connectivity index (χ0n) is 16.8. The molecule has 1 aliphatic carbocycles. The molecule has 0 aliphatic heterocycles. The summed E-state index contributed by atoms with van der Waals surface area (Å²) in [5.74, 6) is -1.69. The molecule has 1 heterocycles. The fourth-order valence-corrected chi connectivity index (χ4v) is 4.42. The summed E-state index contributed by atoms with van der Waals surface area (Å²) in [7, 11) is 0. The number of halogens is 2. The van der Waals surface area contributed by atoms with Crippen LogP contribution < -0.4 is 5.73 Å². The number of nitrogens with zero attached hydrogens (tertiary/aromatic N) is 3. The van der Waals surface area contributed by atoms with E-state index in [9.17, 15) is 14.0 Å². The average Bonchev–Trinajstić information content (AvgIpc) is 3.21. The van der Waals surface area contributed by atoms with Gasteiger partial charge in [-0.05, 0) is 48.2 Å². The van der Waals surface area contributed by atoms with Crippen molar-refractivity contribution < 1.29 is 14.0 Å². The van der Waals surface area contributed by atoms with Crippen LogP contribution in [-0.2, 0) is 11.2 Å². The Hall–Kier alpha value is -3.76. The first-order valence-electron chi connectivity index (χ1n) is 9.88. The summed E-state index contributed by atoms with van der Waals surface area (Å²) in [5.41, 5.74) is 7.73. The second-order valence-electron chi connectivity index (χ2n) is 7.48. The van der Waals surface area contributed by atoms with Crippen LogP contribution in [-0.4, -0.2) is 21.7 Å². The molecule has 4 rings (SSSR count). The zero-order chi connectivity index (χ0) is 22.8. The van der Waals surface area contributed by atoms with E-state index in [1.54, 1.807) is 42.6 Å². The van der Waals surface area contributed by atoms with Crippen LogP contribution in [0.15, 0.2) is 60.9 Å². The van der Waals surface area contributed by atoms with Crippen LogP contribution in [0.1, 0.15) is 45.6 Å². The number of carbonyl (C=O) groups is 2. The second kappa shape index (κ2) is 8.77. The number of primary amides is 1. The third-order valence-corrected chi connectivity index (χ3v) is 5.78. The van der Waals surface area contributed by atoms with Crippen molar-refractivity contribution in [2.45, 2.75) is 24.9 Å². The average molecular weight is 449 g/mol. The number of rotatable bonds is 5. The first-order chi connectivity index (χ1) is 15.4. The highest BCUT2D eigenvalue weighted by molar-refractivity contribution is 6.30. The third-order valence-electron chi connectivity index (χ3n) is 5.56. The molecule has 0 fully saturated rings. The zero-order valence-corrected chi connectivity index (χ0v) is 17.6. The minimum Gasteiger partial charge on any atom is -0.368 e. The van der Waals surface area contributed by atoms with Crippen molar-refractivity contribution in [3.8, 4) is 0 Å². The highest BCUT2D eigenvalue weighted by Gasteiger charge is 2.40. The number of nitrogens with two attached hydrogens (primary N) is 1. The quantitative estimate of drug-likeness (QED) is 0.570. The molecule has 0 saturated heterocycles. The SMILES string of the molecule is [C-]#[N+]c1cccc(C(=O)N([C@@H]2CCc3c(F)cc(Cl)cc32)[C@@H](C(N)=O)c2cccnc2)c1. The Kier molecular flexibility index (Phi) is 5.89. The van der Waals surface area contributed by atoms with Gasteiger partial charge in [-0.1, -0.05) is 35.9 Å². The molecule has 160 valence electrons. The van der Waals surface area contributed by atoms with Crippen LogP contribution in [0.2, 0.25) is 5.02 Å². The Bertz CT molecular complexity index is 1240. The molecule has 0 bridgehead atoms. The van der Waals surface area contributed by atoms with E-state index < -0.39 is 29.7 Å². The van der Waals surface area contributed by atoms with Gasteiger partial charge in [-0.3, -0.25) is 14.6 Å². The fourth-order valence-electron chi connectivity index (χ4n) is 4.21. The highest BCUT2D eigenvalue weighted by Crippen LogP contribution is 2.43. The molecule has 2 N–H and O–H groups in total. The minimum absolute atomic E-state index is 0.201. The number of carbonyl (C=O) groups excluding carboxylic acids is 2. The maximum atomic E-state index is 14.6. The lowest BCUT2D eigenvalue weighted by molar-refractivity contribution is -0.123. The fraction of sp³-hybridized carbons (Fsp3) is 0.167. The molecule has 2 aromatic carbocycles. The van der Waals surface area contributed by atoms with E-state index in [1.165, 1.54) is 23.2 Å². The lowest BCUT2D eigenvalue weighted by Gasteiger charge is -2.35. The van der Waals surface area contributed by atoms with Crippen molar-refractivity contribution in [3.05, 3.63) is 105 Å². The number of hydrogen-bond donors (Lipinski definition) is 1. The van der Waals surface area contributed by atoms with Crippen LogP contribution in [0, 0.1) is 12.4 Å². The topological polar surface area (TPSA) is 80.6 Å². The summed E-state index contributed by atoms with van der Waals surface area (Å²) in [6, 6.07) is 10.6. The van der Waals surface area contributed by atoms with E-state index >= 15 is 0 Å². The molecule has 0 unspecified atom stereocenters. The van der Waals surface area contributed by atoms with Crippen molar-refractivity contribution in [2.24, 2.45) is 5.73 Å². The van der Waals surface area contributed by atoms with Crippen molar-refractivity contribution in [1.29, 1.82) is 0 Å². The maximum Gasteiger partial charge on any atom is 0.254 e. The van der Waals surface area contributed by atoms with Gasteiger partial charge in [0, 0.05) is 28.5 Å². The van der Waals surface area contributed by atoms with E-state index in [2.05, 4.69) is 9.83 Å². The van der Waals surface area contributed by atoms with E-state index in [0.29, 0.717) is 29.5 Å². The molecular formula is C24H18ClFN4O2. The highest BCUT2D eigenvalue weighted by atomic mass is 35.5. The molecule has 6 nitrogen and oxygen atoms in total. The van der Waals surface area contributed by atoms with E-state index in [0.717, 1.165) is 0 Å². The molecule has 0 spiro atoms. The predicted molar refractivity (Wildman–Crippen MR) is 118 cm³/mol. The molecule has 3 aromatic rings. The Morgan fingerprint density at radius 1 is 1.25 bits per heavy atom. The Morgan fingerprint density at radius 2 is 2.06 bits per heavy atom. The summed E-state index contributed by atoms with van der Waals surface area (Å²) in [5, 5.41) is 0.201. The van der Waals surface area contributed by atoms with Gasteiger partial charge in [-0.2, -0.15) is 0 Å². The van der Waals surface area contributed by atoms with Gasteiger partial charge in [-0.15, -0.1) is 0 Å². The molecule has 8 heteroatoms. The van der Waals surface area contributed by atoms with E-state index in [4.69, 9.17) is 23.9 Å². The summed E-state index contributed by atoms with van der Waals surface area (Å²) < 4.78 is 14.6. The summed E-state index contributed by atoms with van der Waals surface area (Å²) >= 11 is 6.12. The number of aromatic nitrogens is 1. The standard InChI is InChI=1S/C24H18ClFN4O2/c1-28-17-6-2-4-14(10-17)24(32)30(22(23(27)31)15-5-3-9-29-13-15)21-8-7-18-19(21)11-16(25)12-20(18)26/h2-6,9-13,21-22H,7-8H2,(H2,27,31)/t21-,22-/m1/s1. The lowest BCUT2D eigenvalue weighted by atomic mass is 9.98. The molecule has 2 amide bonds. The molecule has 1 aromatic heterocycles. The molecule has 0 saturated carbocycles. The molecule has 2 atom stereocenters. The largest absolute Gasteiger partial charge is 0.368 e. The number of hydrogen-bond acceptors (Lipinski definition) is 3. The monoisotopic (exact) mass is 448 g/mol. The van der Waals surface area contributed by atoms with Gasteiger partial charge < -0.3 is 10.6 Å². The second-order valence-corrected chi connectivity index (χ2v) is 7.91. The van der Waals surface area contributed by atoms with E-state index in [1.807, 2.05) is 0 Å².